The third-order valence-electron chi connectivity index (χ3n) is 13.4. The van der Waals surface area contributed by atoms with E-state index in [9.17, 15) is 33.1 Å². The van der Waals surface area contributed by atoms with Gasteiger partial charge in [-0.3, -0.25) is 18.4 Å². The first-order valence-electron chi connectivity index (χ1n) is 23.9. The molecule has 6 aromatic rings. The molecule has 0 aliphatic heterocycles. The summed E-state index contributed by atoms with van der Waals surface area (Å²) >= 11 is 11.9. The van der Waals surface area contributed by atoms with Crippen molar-refractivity contribution in [3.05, 3.63) is 172 Å². The van der Waals surface area contributed by atoms with Gasteiger partial charge in [-0.25, -0.2) is 18.4 Å². The van der Waals surface area contributed by atoms with E-state index in [0.29, 0.717) is 45.5 Å². The van der Waals surface area contributed by atoms with E-state index in [1.165, 1.54) is 27.0 Å². The summed E-state index contributed by atoms with van der Waals surface area (Å²) in [4.78, 5) is 52.2. The van der Waals surface area contributed by atoms with Gasteiger partial charge in [-0.15, -0.1) is 0 Å². The van der Waals surface area contributed by atoms with E-state index in [0.717, 1.165) is 5.56 Å². The second-order valence-electron chi connectivity index (χ2n) is 21.5. The van der Waals surface area contributed by atoms with Crippen molar-refractivity contribution in [3.8, 4) is 0 Å². The van der Waals surface area contributed by atoms with Gasteiger partial charge in [0.05, 0.1) is 40.9 Å². The van der Waals surface area contributed by atoms with Gasteiger partial charge in [0.15, 0.2) is 8.32 Å². The molecule has 382 valence electrons. The number of hydrogen-bond donors (Lipinski definition) is 1. The minimum atomic E-state index is -2.07. The molecule has 1 N–H and O–H groups in total. The Labute approximate surface area is 427 Å². The molecular weight excluding hydrogens is 966 g/mol. The smallest absolute Gasteiger partial charge is 0.343 e. The zero-order chi connectivity index (χ0) is 53.0. The second kappa shape index (κ2) is 22.7. The summed E-state index contributed by atoms with van der Waals surface area (Å²) in [6, 6.07) is 20.2. The summed E-state index contributed by atoms with van der Waals surface area (Å²) in [6.45, 7) is 27.3. The molecule has 0 spiro atoms. The molecule has 0 aliphatic rings. The Morgan fingerprint density at radius 1 is 0.648 bits per heavy atom. The molecule has 4 heterocycles. The number of nitrogens with zero attached hydrogens (tertiary/aromatic N) is 2. The van der Waals surface area contributed by atoms with Gasteiger partial charge in [0.1, 0.15) is 22.8 Å². The van der Waals surface area contributed by atoms with Gasteiger partial charge in [-0.2, -0.15) is 0 Å². The van der Waals surface area contributed by atoms with Crippen molar-refractivity contribution >= 4 is 54.5 Å². The monoisotopic (exact) mass is 1030 g/mol. The summed E-state index contributed by atoms with van der Waals surface area (Å²) < 4.78 is 48.9. The van der Waals surface area contributed by atoms with Crippen LogP contribution in [0.5, 0.6) is 0 Å². The molecule has 15 heteroatoms. The van der Waals surface area contributed by atoms with E-state index in [1.54, 1.807) is 68.7 Å². The quantitative estimate of drug-likeness (QED) is 0.0845. The van der Waals surface area contributed by atoms with Crippen molar-refractivity contribution in [2.45, 2.75) is 119 Å². The van der Waals surface area contributed by atoms with Crippen LogP contribution in [0.4, 0.5) is 8.78 Å². The molecule has 0 unspecified atom stereocenters. The Morgan fingerprint density at radius 3 is 1.39 bits per heavy atom. The fourth-order valence-electron chi connectivity index (χ4n) is 8.18. The molecule has 71 heavy (non-hydrogen) atoms. The maximum atomic E-state index is 14.6. The van der Waals surface area contributed by atoms with Crippen LogP contribution in [0.2, 0.25) is 28.2 Å². The molecule has 0 fully saturated rings. The SMILES string of the molecule is CCOC(=O)c1cc([C@H](CO)C(C)(C)C)c2ccc(Cc3cccc(Cl)c3F)cn2c1=O.CCOC(=O)c1cc([C@H](CO[Si](C)(C)C(C)(C)C)C(C)(C)C)c2ccc(Cc3cccc(Cl)c3F)cn2c1=O. The van der Waals surface area contributed by atoms with Gasteiger partial charge in [-0.05, 0) is 113 Å². The number of aliphatic hydroxyl groups excluding tert-OH is 1. The van der Waals surface area contributed by atoms with Gasteiger partial charge < -0.3 is 19.0 Å². The topological polar surface area (TPSA) is 125 Å². The lowest BCUT2D eigenvalue weighted by Crippen LogP contribution is -2.43. The van der Waals surface area contributed by atoms with E-state index >= 15 is 0 Å². The number of aromatic nitrogens is 2. The third-order valence-corrected chi connectivity index (χ3v) is 18.5. The third kappa shape index (κ3) is 13.1. The number of carbonyl (C=O) groups is 2. The number of pyridine rings is 4. The molecule has 0 radical (unpaired) electrons. The first kappa shape index (κ1) is 56.7. The Balaban J connectivity index is 0.000000269. The highest BCUT2D eigenvalue weighted by atomic mass is 35.5. The number of hydrogen-bond acceptors (Lipinski definition) is 8. The van der Waals surface area contributed by atoms with Crippen LogP contribution in [0.1, 0.15) is 142 Å². The van der Waals surface area contributed by atoms with Crippen molar-refractivity contribution in [2.75, 3.05) is 26.4 Å². The lowest BCUT2D eigenvalue weighted by atomic mass is 9.76. The van der Waals surface area contributed by atoms with E-state index in [2.05, 4.69) is 54.6 Å². The maximum Gasteiger partial charge on any atom is 0.343 e. The minimum absolute atomic E-state index is 0.0305. The second-order valence-corrected chi connectivity index (χ2v) is 27.2. The largest absolute Gasteiger partial charge is 0.462 e. The van der Waals surface area contributed by atoms with Crippen LogP contribution in [0.15, 0.2) is 94.8 Å². The number of ether oxygens (including phenoxy) is 2. The average molecular weight is 1030 g/mol. The number of halogens is 4. The summed E-state index contributed by atoms with van der Waals surface area (Å²) in [5.41, 5.74) is 3.26. The highest BCUT2D eigenvalue weighted by molar-refractivity contribution is 6.74. The summed E-state index contributed by atoms with van der Waals surface area (Å²) in [5.74, 6) is -2.82. The molecule has 0 saturated carbocycles. The summed E-state index contributed by atoms with van der Waals surface area (Å²) in [6.07, 6.45) is 3.74. The zero-order valence-electron chi connectivity index (χ0n) is 43.2. The number of aliphatic hydroxyl groups is 1. The first-order valence-corrected chi connectivity index (χ1v) is 27.5. The van der Waals surface area contributed by atoms with Gasteiger partial charge in [0.25, 0.3) is 11.1 Å². The number of fused-ring (bicyclic) bond motifs is 2. The lowest BCUT2D eigenvalue weighted by Gasteiger charge is -2.40. The molecule has 0 saturated heterocycles. The average Bonchev–Trinajstić information content (AvgIpc) is 3.27. The number of carbonyl (C=O) groups excluding carboxylic acids is 2. The minimum Gasteiger partial charge on any atom is -0.462 e. The first-order chi connectivity index (χ1) is 33.1. The van der Waals surface area contributed by atoms with Crippen LogP contribution < -0.4 is 11.1 Å². The van der Waals surface area contributed by atoms with Crippen molar-refractivity contribution in [3.63, 3.8) is 0 Å². The van der Waals surface area contributed by atoms with Crippen LogP contribution in [0.25, 0.3) is 11.0 Å². The molecule has 0 aliphatic carbocycles. The molecule has 4 aromatic heterocycles. The van der Waals surface area contributed by atoms with Crippen LogP contribution in [0, 0.1) is 22.5 Å². The molecule has 0 bridgehead atoms. The van der Waals surface area contributed by atoms with Crippen LogP contribution in [-0.2, 0) is 26.7 Å². The summed E-state index contributed by atoms with van der Waals surface area (Å²) in [7, 11) is -2.07. The maximum absolute atomic E-state index is 14.6. The van der Waals surface area contributed by atoms with Crippen molar-refractivity contribution in [1.82, 2.24) is 8.80 Å². The van der Waals surface area contributed by atoms with E-state index < -0.39 is 43.0 Å². The predicted molar refractivity (Wildman–Crippen MR) is 282 cm³/mol. The molecule has 6 rings (SSSR count). The van der Waals surface area contributed by atoms with Crippen molar-refractivity contribution < 1.29 is 37.4 Å². The van der Waals surface area contributed by atoms with E-state index in [-0.39, 0.29) is 81.5 Å². The number of benzene rings is 2. The van der Waals surface area contributed by atoms with Crippen LogP contribution in [-0.4, -0.2) is 60.6 Å². The van der Waals surface area contributed by atoms with Gasteiger partial charge in [-0.1, -0.05) is 122 Å². The Kier molecular flexibility index (Phi) is 18.1. The molecular formula is C56H68Cl2F2N2O8Si. The number of esters is 2. The molecule has 0 amide bonds. The fourth-order valence-corrected chi connectivity index (χ4v) is 9.58. The Hall–Kier alpha value is -5.18. The summed E-state index contributed by atoms with van der Waals surface area (Å²) in [5, 5.41) is 10.2. The number of rotatable bonds is 14. The van der Waals surface area contributed by atoms with Crippen molar-refractivity contribution in [1.29, 1.82) is 0 Å². The van der Waals surface area contributed by atoms with E-state index in [4.69, 9.17) is 37.1 Å². The normalized spacial score (nSPS) is 13.2. The fraction of sp³-hybridized carbons (Fsp3) is 0.429. The van der Waals surface area contributed by atoms with Crippen LogP contribution in [0.3, 0.4) is 0 Å². The van der Waals surface area contributed by atoms with Crippen LogP contribution >= 0.6 is 23.2 Å². The van der Waals surface area contributed by atoms with Crippen molar-refractivity contribution in [2.24, 2.45) is 10.8 Å². The molecule has 2 atom stereocenters. The highest BCUT2D eigenvalue weighted by Gasteiger charge is 2.40. The highest BCUT2D eigenvalue weighted by Crippen LogP contribution is 2.42. The van der Waals surface area contributed by atoms with Gasteiger partial charge in [0.2, 0.25) is 0 Å². The van der Waals surface area contributed by atoms with Gasteiger partial charge in [0, 0.05) is 43.7 Å². The molecule has 10 nitrogen and oxygen atoms in total. The predicted octanol–water partition coefficient (Wildman–Crippen LogP) is 13.0. The standard InChI is InChI=1S/C31H41ClFNO4Si.C25H27ClFNO4/c1-10-37-29(36)23-17-22(24(30(2,3)4)19-38-39(8,9)31(5,6)7)26-15-14-20(18-34(26)28(23)35)16-21-12-11-13-25(32)27(21)33;1-5-32-24(31)18-12-17(19(14-29)25(2,3)4)21-10-9-15(13-28(21)23(18)30)11-16-7-6-8-20(26)22(16)27/h11-15,17-18,24H,10,16,19H2,1-9H3;6-10,12-13,19,29H,5,11,14H2,1-4H3/t24-;19-/m00/s1. The zero-order valence-corrected chi connectivity index (χ0v) is 45.7. The Bertz CT molecular complexity index is 3040. The van der Waals surface area contributed by atoms with Gasteiger partial charge >= 0.3 is 11.9 Å². The lowest BCUT2D eigenvalue weighted by molar-refractivity contribution is 0.0514. The van der Waals surface area contributed by atoms with E-state index in [1.807, 2.05) is 32.9 Å². The Morgan fingerprint density at radius 2 is 1.04 bits per heavy atom. The molecule has 2 aromatic carbocycles.